The van der Waals surface area contributed by atoms with Gasteiger partial charge in [0.15, 0.2) is 23.1 Å². The van der Waals surface area contributed by atoms with Crippen LogP contribution in [0.2, 0.25) is 0 Å². The zero-order chi connectivity index (χ0) is 28.4. The quantitative estimate of drug-likeness (QED) is 0.286. The van der Waals surface area contributed by atoms with Gasteiger partial charge in [0.25, 0.3) is 0 Å². The van der Waals surface area contributed by atoms with Gasteiger partial charge in [-0.2, -0.15) is 13.2 Å². The number of amides is 1. The third kappa shape index (κ3) is 5.93. The molecule has 2 aromatic heterocycles. The van der Waals surface area contributed by atoms with Gasteiger partial charge >= 0.3 is 6.18 Å². The molecule has 2 aromatic carbocycles. The van der Waals surface area contributed by atoms with Crippen LogP contribution in [0, 0.1) is 5.82 Å². The third-order valence-corrected chi connectivity index (χ3v) is 5.98. The Kier molecular flexibility index (Phi) is 7.72. The lowest BCUT2D eigenvalue weighted by Crippen LogP contribution is -2.35. The highest BCUT2D eigenvalue weighted by atomic mass is 19.4. The van der Waals surface area contributed by atoms with Crippen LogP contribution in [0.4, 0.5) is 23.4 Å². The maximum Gasteiger partial charge on any atom is 0.401 e. The maximum atomic E-state index is 14.9. The van der Waals surface area contributed by atoms with Crippen molar-refractivity contribution in [1.82, 2.24) is 15.1 Å². The lowest BCUT2D eigenvalue weighted by atomic mass is 9.89. The number of aromatic nitrogens is 3. The summed E-state index contributed by atoms with van der Waals surface area (Å²) in [7, 11) is 1.47. The molecule has 0 spiro atoms. The largest absolute Gasteiger partial charge is 0.493 e. The Morgan fingerprint density at radius 1 is 1.10 bits per heavy atom. The second kappa shape index (κ2) is 10.8. The summed E-state index contributed by atoms with van der Waals surface area (Å²) in [6, 6.07) is 8.38. The molecule has 0 aliphatic carbocycles. The Morgan fingerprint density at radius 2 is 1.85 bits per heavy atom. The lowest BCUT2D eigenvalue weighted by molar-refractivity contribution is -0.185. The number of aliphatic hydroxyl groups is 1. The van der Waals surface area contributed by atoms with Crippen LogP contribution in [-0.2, 0) is 16.6 Å². The first-order valence-corrected chi connectivity index (χ1v) is 11.6. The van der Waals surface area contributed by atoms with Crippen molar-refractivity contribution in [1.29, 1.82) is 0 Å². The molecule has 0 aliphatic heterocycles. The van der Waals surface area contributed by atoms with E-state index in [2.05, 4.69) is 20.4 Å². The van der Waals surface area contributed by atoms with E-state index in [1.54, 1.807) is 18.2 Å². The Balaban J connectivity index is 1.49. The van der Waals surface area contributed by atoms with Crippen LogP contribution in [0.5, 0.6) is 11.5 Å². The molecule has 0 unspecified atom stereocenters. The molecule has 4 aromatic rings. The van der Waals surface area contributed by atoms with Crippen molar-refractivity contribution in [2.75, 3.05) is 25.6 Å². The number of methoxy groups -OCH3 is 1. The topological polar surface area (TPSA) is 120 Å². The number of carbonyl (C=O) groups is 1. The van der Waals surface area contributed by atoms with Crippen molar-refractivity contribution in [3.8, 4) is 22.8 Å². The molecule has 206 valence electrons. The molecule has 4 rings (SSSR count). The number of anilines is 1. The van der Waals surface area contributed by atoms with E-state index in [1.807, 2.05) is 0 Å². The molecule has 0 bridgehead atoms. The van der Waals surface area contributed by atoms with Gasteiger partial charge < -0.3 is 24.4 Å². The molecular weight excluding hydrogens is 524 g/mol. The molecule has 9 nitrogen and oxygen atoms in total. The average molecular weight is 548 g/mol. The summed E-state index contributed by atoms with van der Waals surface area (Å²) in [4.78, 5) is 21.3. The van der Waals surface area contributed by atoms with Crippen molar-refractivity contribution in [3.05, 3.63) is 59.7 Å². The third-order valence-electron chi connectivity index (χ3n) is 5.98. The van der Waals surface area contributed by atoms with Gasteiger partial charge in [-0.1, -0.05) is 17.3 Å². The highest BCUT2D eigenvalue weighted by molar-refractivity contribution is 5.91. The van der Waals surface area contributed by atoms with E-state index in [-0.39, 0.29) is 24.6 Å². The zero-order valence-electron chi connectivity index (χ0n) is 21.1. The van der Waals surface area contributed by atoms with Gasteiger partial charge in [-0.05, 0) is 25.5 Å². The first kappa shape index (κ1) is 27.8. The monoisotopic (exact) mass is 548 g/mol. The number of hydrogen-bond donors (Lipinski definition) is 2. The van der Waals surface area contributed by atoms with Gasteiger partial charge in [0.05, 0.1) is 43.1 Å². The van der Waals surface area contributed by atoms with E-state index in [0.29, 0.717) is 33.8 Å². The number of nitrogens with zero attached hydrogens (tertiary/aromatic N) is 3. The van der Waals surface area contributed by atoms with Crippen LogP contribution < -0.4 is 14.8 Å². The van der Waals surface area contributed by atoms with Crippen LogP contribution in [0.15, 0.2) is 47.1 Å². The van der Waals surface area contributed by atoms with Crippen molar-refractivity contribution >= 4 is 22.8 Å². The Labute approximate surface area is 219 Å². The fraction of sp³-hybridized carbons (Fsp3) is 0.308. The van der Waals surface area contributed by atoms with Crippen LogP contribution in [-0.4, -0.2) is 52.6 Å². The minimum Gasteiger partial charge on any atom is -0.493 e. The smallest absolute Gasteiger partial charge is 0.401 e. The zero-order valence-corrected chi connectivity index (χ0v) is 21.1. The summed E-state index contributed by atoms with van der Waals surface area (Å²) in [6.45, 7) is 1.72. The van der Waals surface area contributed by atoms with Gasteiger partial charge in [-0.15, -0.1) is 0 Å². The molecule has 0 atom stereocenters. The fourth-order valence-corrected chi connectivity index (χ4v) is 3.57. The summed E-state index contributed by atoms with van der Waals surface area (Å²) in [5.41, 5.74) is -0.542. The number of nitrogens with one attached hydrogen (secondary N) is 1. The molecule has 0 saturated heterocycles. The molecule has 0 aliphatic rings. The van der Waals surface area contributed by atoms with Gasteiger partial charge in [-0.25, -0.2) is 9.37 Å². The highest BCUT2D eigenvalue weighted by Crippen LogP contribution is 2.41. The number of aliphatic hydroxyl groups excluding tert-OH is 1. The van der Waals surface area contributed by atoms with Crippen molar-refractivity contribution < 1.29 is 41.5 Å². The van der Waals surface area contributed by atoms with E-state index in [1.165, 1.54) is 25.4 Å². The normalized spacial score (nSPS) is 12.0. The SMILES string of the molecule is COc1cc2ncc(-c3ccc(CC(=O)Nc4cc(C(C)(C)C(F)(F)F)on4)c(F)c3)nc2cc1OCCO. The van der Waals surface area contributed by atoms with E-state index < -0.39 is 35.5 Å². The van der Waals surface area contributed by atoms with E-state index in [0.717, 1.165) is 19.9 Å². The number of halogens is 4. The lowest BCUT2D eigenvalue weighted by Gasteiger charge is -2.24. The summed E-state index contributed by atoms with van der Waals surface area (Å²) < 4.78 is 70.0. The average Bonchev–Trinajstić information content (AvgIpc) is 3.36. The standard InChI is InChI=1S/C26H24F4N4O5/c1-25(2,26(28,29)30)22-12-23(34-39-22)33-24(36)9-14-4-5-15(8-16(14)27)19-13-31-17-10-20(37-3)21(38-7-6-35)11-18(17)32-19/h4-5,8,10-13,35H,6-7,9H2,1-3H3,(H,33,34,36). The Morgan fingerprint density at radius 3 is 2.51 bits per heavy atom. The minimum absolute atomic E-state index is 0.0498. The van der Waals surface area contributed by atoms with Gasteiger partial charge in [0, 0.05) is 23.8 Å². The van der Waals surface area contributed by atoms with E-state index in [9.17, 15) is 22.4 Å². The molecule has 0 saturated carbocycles. The molecule has 0 radical (unpaired) electrons. The Hall–Kier alpha value is -4.26. The van der Waals surface area contributed by atoms with Crippen LogP contribution in [0.1, 0.15) is 25.2 Å². The first-order valence-electron chi connectivity index (χ1n) is 11.6. The van der Waals surface area contributed by atoms with Gasteiger partial charge in [-0.3, -0.25) is 9.78 Å². The van der Waals surface area contributed by atoms with Gasteiger partial charge in [0.1, 0.15) is 17.8 Å². The summed E-state index contributed by atoms with van der Waals surface area (Å²) >= 11 is 0. The number of alkyl halides is 3. The van der Waals surface area contributed by atoms with Crippen molar-refractivity contribution in [3.63, 3.8) is 0 Å². The van der Waals surface area contributed by atoms with Crippen LogP contribution in [0.3, 0.4) is 0 Å². The fourth-order valence-electron chi connectivity index (χ4n) is 3.57. The van der Waals surface area contributed by atoms with Crippen molar-refractivity contribution in [2.24, 2.45) is 0 Å². The highest BCUT2D eigenvalue weighted by Gasteiger charge is 2.51. The second-order valence-corrected chi connectivity index (χ2v) is 9.05. The maximum absolute atomic E-state index is 14.9. The number of hydrogen-bond acceptors (Lipinski definition) is 8. The second-order valence-electron chi connectivity index (χ2n) is 9.05. The molecule has 2 heterocycles. The molecule has 39 heavy (non-hydrogen) atoms. The van der Waals surface area contributed by atoms with Crippen LogP contribution >= 0.6 is 0 Å². The predicted molar refractivity (Wildman–Crippen MR) is 132 cm³/mol. The number of carbonyl (C=O) groups excluding carboxylic acids is 1. The number of benzene rings is 2. The molecule has 2 N–H and O–H groups in total. The van der Waals surface area contributed by atoms with E-state index in [4.69, 9.17) is 19.1 Å². The molecule has 1 amide bonds. The number of ether oxygens (including phenoxy) is 2. The summed E-state index contributed by atoms with van der Waals surface area (Å²) in [6.07, 6.45) is -3.52. The van der Waals surface area contributed by atoms with Gasteiger partial charge in [0.2, 0.25) is 5.91 Å². The van der Waals surface area contributed by atoms with Crippen LogP contribution in [0.25, 0.3) is 22.3 Å². The summed E-state index contributed by atoms with van der Waals surface area (Å²) in [5, 5.41) is 14.8. The molecule has 13 heteroatoms. The number of rotatable bonds is 9. The predicted octanol–water partition coefficient (Wildman–Crippen LogP) is 4.82. The Bertz CT molecular complexity index is 1500. The van der Waals surface area contributed by atoms with Crippen molar-refractivity contribution in [2.45, 2.75) is 31.9 Å². The van der Waals surface area contributed by atoms with E-state index >= 15 is 0 Å². The minimum atomic E-state index is -4.59. The first-order chi connectivity index (χ1) is 18.4. The number of fused-ring (bicyclic) bond motifs is 1. The molecular formula is C26H24F4N4O5. The summed E-state index contributed by atoms with van der Waals surface area (Å²) in [5.74, 6) is -1.29. The molecule has 0 fully saturated rings.